The molecule has 0 spiro atoms. The van der Waals surface area contributed by atoms with E-state index in [0.29, 0.717) is 11.8 Å². The van der Waals surface area contributed by atoms with E-state index in [9.17, 15) is 0 Å². The Kier molecular flexibility index (Phi) is 6.43. The zero-order valence-electron chi connectivity index (χ0n) is 25.6. The number of rotatable bonds is 5. The molecule has 0 radical (unpaired) electrons. The molecule has 0 aliphatic rings. The highest BCUT2D eigenvalue weighted by Gasteiger charge is 2.18. The highest BCUT2D eigenvalue weighted by atomic mass is 32.1. The summed E-state index contributed by atoms with van der Waals surface area (Å²) < 4.78 is 5.20. The van der Waals surface area contributed by atoms with E-state index >= 15 is 0 Å². The summed E-state index contributed by atoms with van der Waals surface area (Å²) in [4.78, 5) is 0. The van der Waals surface area contributed by atoms with Crippen LogP contribution in [0.15, 0.2) is 127 Å². The normalized spacial score (nSPS) is 12.0. The molecular weight excluding hydrogens is 551 g/mol. The van der Waals surface area contributed by atoms with E-state index in [1.165, 1.54) is 81.0 Å². The molecule has 0 N–H and O–H groups in total. The van der Waals surface area contributed by atoms with Gasteiger partial charge in [-0.15, -0.1) is 11.3 Å². The van der Waals surface area contributed by atoms with Crippen molar-refractivity contribution in [1.82, 2.24) is 4.57 Å². The van der Waals surface area contributed by atoms with Gasteiger partial charge in [0.05, 0.1) is 16.7 Å². The number of para-hydroxylation sites is 1. The first-order valence-corrected chi connectivity index (χ1v) is 16.5. The van der Waals surface area contributed by atoms with Gasteiger partial charge in [0.2, 0.25) is 0 Å². The van der Waals surface area contributed by atoms with Crippen molar-refractivity contribution in [3.8, 4) is 27.9 Å². The van der Waals surface area contributed by atoms with Crippen LogP contribution in [0.4, 0.5) is 0 Å². The third-order valence-corrected chi connectivity index (χ3v) is 10.4. The van der Waals surface area contributed by atoms with Crippen LogP contribution < -0.4 is 0 Å². The Balaban J connectivity index is 1.36. The first-order chi connectivity index (χ1) is 21.5. The summed E-state index contributed by atoms with van der Waals surface area (Å²) in [6.45, 7) is 9.12. The minimum absolute atomic E-state index is 0.459. The fourth-order valence-corrected chi connectivity index (χ4v) is 8.01. The van der Waals surface area contributed by atoms with Gasteiger partial charge in [-0.05, 0) is 70.0 Å². The Morgan fingerprint density at radius 3 is 1.75 bits per heavy atom. The topological polar surface area (TPSA) is 4.93 Å². The van der Waals surface area contributed by atoms with E-state index in [-0.39, 0.29) is 0 Å². The van der Waals surface area contributed by atoms with Crippen molar-refractivity contribution in [1.29, 1.82) is 0 Å². The molecule has 0 fully saturated rings. The number of hydrogen-bond donors (Lipinski definition) is 0. The second-order valence-corrected chi connectivity index (χ2v) is 13.6. The molecule has 1 nitrogen and oxygen atoms in total. The summed E-state index contributed by atoms with van der Waals surface area (Å²) in [5.41, 5.74) is 11.5. The van der Waals surface area contributed by atoms with Crippen molar-refractivity contribution in [3.05, 3.63) is 139 Å². The van der Waals surface area contributed by atoms with E-state index in [1.54, 1.807) is 0 Å². The zero-order valence-corrected chi connectivity index (χ0v) is 26.5. The molecule has 0 saturated heterocycles. The standard InChI is InChI=1S/C42H35NS/c1-26(2)28-19-21-34-35-22-20-29(27(3)4)25-40(35)43(39(34)24-28)38-17-7-5-13-32(38)30-11-9-12-31(23-30)33-15-10-16-37-36-14-6-8-18-41(36)44-42(33)37/h5-27H,1-4H3. The summed E-state index contributed by atoms with van der Waals surface area (Å²) in [6, 6.07) is 47.6. The number of fused-ring (bicyclic) bond motifs is 6. The lowest BCUT2D eigenvalue weighted by Gasteiger charge is -2.16. The van der Waals surface area contributed by atoms with Crippen LogP contribution >= 0.6 is 11.3 Å². The average Bonchev–Trinajstić information content (AvgIpc) is 3.59. The highest BCUT2D eigenvalue weighted by molar-refractivity contribution is 7.26. The number of thiophene rings is 1. The largest absolute Gasteiger partial charge is 0.309 e. The maximum Gasteiger partial charge on any atom is 0.0544 e. The summed E-state index contributed by atoms with van der Waals surface area (Å²) in [5.74, 6) is 0.918. The molecule has 0 amide bonds. The average molecular weight is 586 g/mol. The molecule has 0 unspecified atom stereocenters. The van der Waals surface area contributed by atoms with Crippen LogP contribution in [0.3, 0.4) is 0 Å². The number of aromatic nitrogens is 1. The van der Waals surface area contributed by atoms with Gasteiger partial charge >= 0.3 is 0 Å². The maximum atomic E-state index is 2.51. The molecule has 214 valence electrons. The minimum atomic E-state index is 0.459. The molecule has 2 aromatic heterocycles. The first-order valence-electron chi connectivity index (χ1n) is 15.7. The van der Waals surface area contributed by atoms with Crippen LogP contribution in [-0.2, 0) is 0 Å². The van der Waals surface area contributed by atoms with Crippen molar-refractivity contribution in [2.75, 3.05) is 0 Å². The van der Waals surface area contributed by atoms with Gasteiger partial charge in [0.1, 0.15) is 0 Å². The van der Waals surface area contributed by atoms with Crippen molar-refractivity contribution in [2.45, 2.75) is 39.5 Å². The molecule has 0 aliphatic carbocycles. The van der Waals surface area contributed by atoms with Crippen LogP contribution in [0.1, 0.15) is 50.7 Å². The highest BCUT2D eigenvalue weighted by Crippen LogP contribution is 2.42. The van der Waals surface area contributed by atoms with Crippen molar-refractivity contribution in [2.24, 2.45) is 0 Å². The van der Waals surface area contributed by atoms with Gasteiger partial charge in [0, 0.05) is 36.5 Å². The van der Waals surface area contributed by atoms with E-state index in [1.807, 2.05) is 11.3 Å². The van der Waals surface area contributed by atoms with Crippen molar-refractivity contribution >= 4 is 53.3 Å². The Morgan fingerprint density at radius 1 is 0.477 bits per heavy atom. The molecule has 0 atom stereocenters. The molecule has 0 saturated carbocycles. The summed E-state index contributed by atoms with van der Waals surface area (Å²) in [6.07, 6.45) is 0. The predicted molar refractivity (Wildman–Crippen MR) is 193 cm³/mol. The first kappa shape index (κ1) is 26.9. The van der Waals surface area contributed by atoms with E-state index < -0.39 is 0 Å². The Bertz CT molecular complexity index is 2280. The number of hydrogen-bond acceptors (Lipinski definition) is 1. The third-order valence-electron chi connectivity index (χ3n) is 9.18. The third kappa shape index (κ3) is 4.28. The monoisotopic (exact) mass is 585 g/mol. The minimum Gasteiger partial charge on any atom is -0.309 e. The predicted octanol–water partition coefficient (Wildman–Crippen LogP) is 12.7. The van der Waals surface area contributed by atoms with Crippen LogP contribution in [0.5, 0.6) is 0 Å². The van der Waals surface area contributed by atoms with Gasteiger partial charge in [0.15, 0.2) is 0 Å². The second kappa shape index (κ2) is 10.5. The molecule has 0 aliphatic heterocycles. The lowest BCUT2D eigenvalue weighted by atomic mass is 9.97. The van der Waals surface area contributed by atoms with Crippen LogP contribution in [0, 0.1) is 0 Å². The molecular formula is C42H35NS. The molecule has 8 aromatic rings. The molecule has 2 heterocycles. The van der Waals surface area contributed by atoms with Gasteiger partial charge in [-0.3, -0.25) is 0 Å². The number of nitrogens with zero attached hydrogens (tertiary/aromatic N) is 1. The quantitative estimate of drug-likeness (QED) is 0.189. The Morgan fingerprint density at radius 2 is 1.05 bits per heavy atom. The maximum absolute atomic E-state index is 2.51. The van der Waals surface area contributed by atoms with Crippen LogP contribution in [0.25, 0.3) is 69.9 Å². The zero-order chi connectivity index (χ0) is 29.9. The fourth-order valence-electron chi connectivity index (χ4n) is 6.77. The summed E-state index contributed by atoms with van der Waals surface area (Å²) in [5, 5.41) is 5.28. The lowest BCUT2D eigenvalue weighted by molar-refractivity contribution is 0.867. The smallest absolute Gasteiger partial charge is 0.0544 e. The van der Waals surface area contributed by atoms with Crippen LogP contribution in [0.2, 0.25) is 0 Å². The molecule has 8 rings (SSSR count). The summed E-state index contributed by atoms with van der Waals surface area (Å²) >= 11 is 1.89. The molecule has 0 bridgehead atoms. The van der Waals surface area contributed by atoms with E-state index in [0.717, 1.165) is 0 Å². The van der Waals surface area contributed by atoms with E-state index in [4.69, 9.17) is 0 Å². The van der Waals surface area contributed by atoms with Gasteiger partial charge in [0.25, 0.3) is 0 Å². The molecule has 2 heteroatoms. The molecule has 6 aromatic carbocycles. The fraction of sp³-hybridized carbons (Fsp3) is 0.143. The van der Waals surface area contributed by atoms with Crippen LogP contribution in [-0.4, -0.2) is 4.57 Å². The molecule has 44 heavy (non-hydrogen) atoms. The van der Waals surface area contributed by atoms with Crippen molar-refractivity contribution < 1.29 is 0 Å². The van der Waals surface area contributed by atoms with Crippen molar-refractivity contribution in [3.63, 3.8) is 0 Å². The Labute approximate surface area is 263 Å². The van der Waals surface area contributed by atoms with Gasteiger partial charge in [-0.25, -0.2) is 0 Å². The van der Waals surface area contributed by atoms with Gasteiger partial charge < -0.3 is 4.57 Å². The van der Waals surface area contributed by atoms with Gasteiger partial charge in [-0.1, -0.05) is 125 Å². The summed E-state index contributed by atoms with van der Waals surface area (Å²) in [7, 11) is 0. The van der Waals surface area contributed by atoms with Gasteiger partial charge in [-0.2, -0.15) is 0 Å². The lowest BCUT2D eigenvalue weighted by Crippen LogP contribution is -1.99. The number of benzene rings is 6. The SMILES string of the molecule is CC(C)c1ccc2c3ccc(C(C)C)cc3n(-c3ccccc3-c3cccc(-c4cccc5c4sc4ccccc45)c3)c2c1. The second-order valence-electron chi connectivity index (χ2n) is 12.6. The van der Waals surface area contributed by atoms with E-state index in [2.05, 4.69) is 160 Å². The Hall–Kier alpha value is -4.66.